The average molecular weight is 549 g/mol. The highest BCUT2D eigenvalue weighted by molar-refractivity contribution is 6.23. The Balaban J connectivity index is 1.32. The molecule has 1 aromatic heterocycles. The van der Waals surface area contributed by atoms with Crippen LogP contribution in [0.15, 0.2) is 144 Å². The number of furan rings is 1. The monoisotopic (exact) mass is 548 g/mol. The Labute approximate surface area is 250 Å². The molecular weight excluding hydrogens is 520 g/mol. The van der Waals surface area contributed by atoms with E-state index in [0.717, 1.165) is 29.7 Å². The maximum absolute atomic E-state index is 6.60. The fourth-order valence-corrected chi connectivity index (χ4v) is 7.15. The van der Waals surface area contributed by atoms with Gasteiger partial charge in [-0.25, -0.2) is 0 Å². The molecule has 202 valence electrons. The summed E-state index contributed by atoms with van der Waals surface area (Å²) in [7, 11) is 0. The number of benzene rings is 7. The summed E-state index contributed by atoms with van der Waals surface area (Å²) in [5, 5.41) is 8.74. The van der Waals surface area contributed by atoms with Crippen molar-refractivity contribution >= 4 is 49.4 Å². The van der Waals surface area contributed by atoms with Crippen LogP contribution in [0, 0.1) is 0 Å². The standard InChI is InChI=1S/C42H28O/c1-2-12-28-25-30(24-23-27(28)11-1)29-13-9-14-31(26-29)40-33-16-3-5-18-35(33)41(36-19-6-4-17-34(36)40)38-21-10-20-37-32-15-7-8-22-39(32)43-42(37)38/h1-6,8-14,16-26H,7,15H2. The number of hydrogen-bond donors (Lipinski definition) is 0. The molecule has 0 bridgehead atoms. The van der Waals surface area contributed by atoms with Gasteiger partial charge in [-0.3, -0.25) is 0 Å². The van der Waals surface area contributed by atoms with Gasteiger partial charge in [-0.15, -0.1) is 0 Å². The minimum atomic E-state index is 0.986. The van der Waals surface area contributed by atoms with Gasteiger partial charge < -0.3 is 4.42 Å². The Morgan fingerprint density at radius 3 is 1.88 bits per heavy atom. The number of hydrogen-bond acceptors (Lipinski definition) is 1. The molecule has 0 saturated carbocycles. The lowest BCUT2D eigenvalue weighted by Crippen LogP contribution is -1.92. The van der Waals surface area contributed by atoms with Crippen LogP contribution >= 0.6 is 0 Å². The van der Waals surface area contributed by atoms with Gasteiger partial charge >= 0.3 is 0 Å². The van der Waals surface area contributed by atoms with Gasteiger partial charge in [0.15, 0.2) is 0 Å². The van der Waals surface area contributed by atoms with E-state index in [-0.39, 0.29) is 0 Å². The molecular formula is C42H28O. The smallest absolute Gasteiger partial charge is 0.142 e. The van der Waals surface area contributed by atoms with Crippen molar-refractivity contribution in [3.05, 3.63) is 151 Å². The summed E-state index contributed by atoms with van der Waals surface area (Å²) in [6.07, 6.45) is 6.45. The van der Waals surface area contributed by atoms with Gasteiger partial charge in [0.1, 0.15) is 11.3 Å². The zero-order valence-corrected chi connectivity index (χ0v) is 23.7. The van der Waals surface area contributed by atoms with Crippen molar-refractivity contribution in [3.8, 4) is 33.4 Å². The summed E-state index contributed by atoms with van der Waals surface area (Å²) in [5.74, 6) is 1.00. The molecule has 8 aromatic rings. The van der Waals surface area contributed by atoms with Crippen LogP contribution in [-0.2, 0) is 6.42 Å². The van der Waals surface area contributed by atoms with Crippen LogP contribution < -0.4 is 0 Å². The molecule has 1 aliphatic carbocycles. The molecule has 1 heteroatoms. The van der Waals surface area contributed by atoms with Crippen molar-refractivity contribution in [1.29, 1.82) is 0 Å². The van der Waals surface area contributed by atoms with Crippen molar-refractivity contribution in [2.75, 3.05) is 0 Å². The second-order valence-electron chi connectivity index (χ2n) is 11.6. The Kier molecular flexibility index (Phi) is 5.39. The van der Waals surface area contributed by atoms with Crippen LogP contribution in [0.4, 0.5) is 0 Å². The van der Waals surface area contributed by atoms with E-state index in [1.807, 2.05) is 0 Å². The van der Waals surface area contributed by atoms with E-state index in [2.05, 4.69) is 146 Å². The molecule has 0 radical (unpaired) electrons. The highest BCUT2D eigenvalue weighted by Gasteiger charge is 2.22. The van der Waals surface area contributed by atoms with Gasteiger partial charge in [-0.2, -0.15) is 0 Å². The molecule has 1 heterocycles. The van der Waals surface area contributed by atoms with E-state index in [4.69, 9.17) is 4.42 Å². The Hall–Kier alpha value is -5.40. The summed E-state index contributed by atoms with van der Waals surface area (Å²) in [6.45, 7) is 0. The quantitative estimate of drug-likeness (QED) is 0.200. The maximum Gasteiger partial charge on any atom is 0.142 e. The lowest BCUT2D eigenvalue weighted by atomic mass is 9.85. The van der Waals surface area contributed by atoms with Gasteiger partial charge in [0.25, 0.3) is 0 Å². The van der Waals surface area contributed by atoms with E-state index in [0.29, 0.717) is 0 Å². The molecule has 9 rings (SSSR count). The minimum Gasteiger partial charge on any atom is -0.456 e. The topological polar surface area (TPSA) is 13.1 Å². The van der Waals surface area contributed by atoms with E-state index in [9.17, 15) is 0 Å². The van der Waals surface area contributed by atoms with Crippen LogP contribution in [0.5, 0.6) is 0 Å². The van der Waals surface area contributed by atoms with Crippen molar-refractivity contribution in [2.24, 2.45) is 0 Å². The first kappa shape index (κ1) is 24.2. The van der Waals surface area contributed by atoms with Crippen molar-refractivity contribution in [1.82, 2.24) is 0 Å². The van der Waals surface area contributed by atoms with Gasteiger partial charge in [-0.05, 0) is 85.6 Å². The van der Waals surface area contributed by atoms with Gasteiger partial charge in [0.2, 0.25) is 0 Å². The summed E-state index contributed by atoms with van der Waals surface area (Å²) in [5.41, 5.74) is 9.65. The Morgan fingerprint density at radius 1 is 0.465 bits per heavy atom. The van der Waals surface area contributed by atoms with Crippen molar-refractivity contribution in [3.63, 3.8) is 0 Å². The number of para-hydroxylation sites is 1. The molecule has 0 amide bonds. The van der Waals surface area contributed by atoms with Crippen molar-refractivity contribution in [2.45, 2.75) is 12.8 Å². The van der Waals surface area contributed by atoms with Crippen LogP contribution in [0.25, 0.3) is 82.7 Å². The van der Waals surface area contributed by atoms with Gasteiger partial charge in [0, 0.05) is 22.1 Å². The number of allylic oxidation sites excluding steroid dienone is 1. The molecule has 0 spiro atoms. The number of aryl methyl sites for hydroxylation is 1. The molecule has 0 atom stereocenters. The van der Waals surface area contributed by atoms with E-state index in [1.54, 1.807) is 0 Å². The van der Waals surface area contributed by atoms with Crippen LogP contribution in [0.2, 0.25) is 0 Å². The van der Waals surface area contributed by atoms with Crippen molar-refractivity contribution < 1.29 is 4.42 Å². The Bertz CT molecular complexity index is 2340. The first-order valence-corrected chi connectivity index (χ1v) is 15.1. The molecule has 0 saturated heterocycles. The SMILES string of the molecule is C1=Cc2oc3c(-c4c5ccccc5c(-c5cccc(-c6ccc7ccccc7c6)c5)c5ccccc45)cccc3c2CC1. The molecule has 1 aliphatic rings. The lowest BCUT2D eigenvalue weighted by molar-refractivity contribution is 0.596. The van der Waals surface area contributed by atoms with Gasteiger partial charge in [0.05, 0.1) is 0 Å². The maximum atomic E-state index is 6.60. The third-order valence-electron chi connectivity index (χ3n) is 9.11. The fourth-order valence-electron chi connectivity index (χ4n) is 7.15. The number of rotatable bonds is 3. The first-order chi connectivity index (χ1) is 21.3. The molecule has 1 nitrogen and oxygen atoms in total. The number of fused-ring (bicyclic) bond motifs is 6. The average Bonchev–Trinajstić information content (AvgIpc) is 3.46. The molecule has 7 aromatic carbocycles. The summed E-state index contributed by atoms with van der Waals surface area (Å²) in [4.78, 5) is 0. The largest absolute Gasteiger partial charge is 0.456 e. The summed E-state index contributed by atoms with van der Waals surface area (Å²) >= 11 is 0. The summed E-state index contributed by atoms with van der Waals surface area (Å²) in [6, 6.07) is 48.7. The molecule has 0 N–H and O–H groups in total. The predicted octanol–water partition coefficient (Wildman–Crippen LogP) is 11.9. The zero-order valence-electron chi connectivity index (χ0n) is 23.7. The minimum absolute atomic E-state index is 0.986. The third kappa shape index (κ3) is 3.78. The van der Waals surface area contributed by atoms with E-state index in [1.165, 1.54) is 71.1 Å². The highest BCUT2D eigenvalue weighted by atomic mass is 16.3. The first-order valence-electron chi connectivity index (χ1n) is 15.1. The summed E-state index contributed by atoms with van der Waals surface area (Å²) < 4.78 is 6.60. The normalized spacial score (nSPS) is 12.8. The zero-order chi connectivity index (χ0) is 28.3. The molecule has 0 unspecified atom stereocenters. The highest BCUT2D eigenvalue weighted by Crippen LogP contribution is 2.47. The van der Waals surface area contributed by atoms with E-state index < -0.39 is 0 Å². The molecule has 0 fully saturated rings. The fraction of sp³-hybridized carbons (Fsp3) is 0.0476. The predicted molar refractivity (Wildman–Crippen MR) is 182 cm³/mol. The molecule has 0 aliphatic heterocycles. The van der Waals surface area contributed by atoms with Crippen LogP contribution in [0.3, 0.4) is 0 Å². The van der Waals surface area contributed by atoms with Crippen LogP contribution in [0.1, 0.15) is 17.7 Å². The van der Waals surface area contributed by atoms with Crippen LogP contribution in [-0.4, -0.2) is 0 Å². The lowest BCUT2D eigenvalue weighted by Gasteiger charge is -2.18. The van der Waals surface area contributed by atoms with Gasteiger partial charge in [-0.1, -0.05) is 127 Å². The second-order valence-corrected chi connectivity index (χ2v) is 11.6. The Morgan fingerprint density at radius 2 is 1.09 bits per heavy atom. The third-order valence-corrected chi connectivity index (χ3v) is 9.11. The van der Waals surface area contributed by atoms with E-state index >= 15 is 0 Å². The second kappa shape index (κ2) is 9.58. The molecule has 43 heavy (non-hydrogen) atoms.